The van der Waals surface area contributed by atoms with Crippen LogP contribution in [0.1, 0.15) is 60.7 Å². The van der Waals surface area contributed by atoms with Gasteiger partial charge in [0.2, 0.25) is 0 Å². The van der Waals surface area contributed by atoms with Crippen LogP contribution in [0, 0.1) is 11.2 Å². The van der Waals surface area contributed by atoms with Gasteiger partial charge >= 0.3 is 5.97 Å². The summed E-state index contributed by atoms with van der Waals surface area (Å²) < 4.78 is 24.6. The molecule has 0 bridgehead atoms. The van der Waals surface area contributed by atoms with Gasteiger partial charge in [-0.05, 0) is 29.2 Å². The number of nitrogens with zero attached hydrogens (tertiary/aromatic N) is 2. The minimum Gasteiger partial charge on any atom is -0.498 e. The summed E-state index contributed by atoms with van der Waals surface area (Å²) in [7, 11) is 2.69. The van der Waals surface area contributed by atoms with Crippen LogP contribution in [-0.2, 0) is 16.8 Å². The van der Waals surface area contributed by atoms with Crippen molar-refractivity contribution in [2.24, 2.45) is 0 Å². The fourth-order valence-corrected chi connectivity index (χ4v) is 5.71. The maximum absolute atomic E-state index is 15.1. The third kappa shape index (κ3) is 4.94. The smallest absolute Gasteiger partial charge is 0.363 e. The SMILES string of the molecule is Br.COc1cc2c(c(F)c1OC)C(=N)N(CC(=O)c1ccc([N+]3(C(=O)[O-])CCCC3C(=O)O)c(C(C)(C)C)c1)C2. The number of ether oxygens (including phenoxy) is 2. The van der Waals surface area contributed by atoms with Crippen molar-refractivity contribution in [2.45, 2.75) is 51.6 Å². The number of carboxylic acids is 1. The van der Waals surface area contributed by atoms with E-state index in [1.54, 1.807) is 12.1 Å². The van der Waals surface area contributed by atoms with Crippen LogP contribution in [0.3, 0.4) is 0 Å². The number of methoxy groups -OCH3 is 2. The van der Waals surface area contributed by atoms with Crippen molar-refractivity contribution in [1.82, 2.24) is 9.38 Å². The van der Waals surface area contributed by atoms with Gasteiger partial charge in [0.05, 0.1) is 32.9 Å². The highest BCUT2D eigenvalue weighted by atomic mass is 79.9. The van der Waals surface area contributed by atoms with Crippen molar-refractivity contribution in [3.05, 3.63) is 52.3 Å². The van der Waals surface area contributed by atoms with Crippen molar-refractivity contribution in [1.29, 1.82) is 5.41 Å². The highest BCUT2D eigenvalue weighted by molar-refractivity contribution is 8.93. The topological polar surface area (TPSA) is 140 Å². The van der Waals surface area contributed by atoms with E-state index in [9.17, 15) is 24.6 Å². The summed E-state index contributed by atoms with van der Waals surface area (Å²) in [5, 5.41) is 30.8. The van der Waals surface area contributed by atoms with E-state index in [0.29, 0.717) is 17.5 Å². The van der Waals surface area contributed by atoms with Gasteiger partial charge in [-0.25, -0.2) is 13.7 Å². The maximum Gasteiger partial charge on any atom is 0.363 e. The van der Waals surface area contributed by atoms with Gasteiger partial charge in [-0.15, -0.1) is 17.0 Å². The van der Waals surface area contributed by atoms with Crippen molar-refractivity contribution >= 4 is 46.4 Å². The van der Waals surface area contributed by atoms with Gasteiger partial charge in [0.1, 0.15) is 11.5 Å². The number of hydrogen-bond donors (Lipinski definition) is 2. The van der Waals surface area contributed by atoms with Crippen LogP contribution in [-0.4, -0.2) is 67.0 Å². The molecule has 2 aliphatic rings. The number of amides is 1. The zero-order valence-corrected chi connectivity index (χ0v) is 24.7. The Morgan fingerprint density at radius 1 is 1.20 bits per heavy atom. The van der Waals surface area contributed by atoms with Crippen LogP contribution in [0.15, 0.2) is 24.3 Å². The molecule has 0 aliphatic carbocycles. The van der Waals surface area contributed by atoms with Gasteiger partial charge in [-0.2, -0.15) is 0 Å². The van der Waals surface area contributed by atoms with Crippen molar-refractivity contribution in [2.75, 3.05) is 27.3 Å². The highest BCUT2D eigenvalue weighted by Gasteiger charge is 2.52. The normalized spacial score (nSPS) is 20.1. The van der Waals surface area contributed by atoms with Gasteiger partial charge in [0.15, 0.2) is 29.1 Å². The molecular formula is C28H33BrFN3O7. The standard InChI is InChI=1S/C28H32FN3O7.BrH/c1-28(2,3)17-11-15(8-9-18(17)32(27(36)37)10-6-7-19(32)26(34)35)20(33)14-31-13-16-12-21(38-4)24(39-5)23(29)22(16)25(31)30;/h8-9,11-12,19,30H,6-7,10,13-14H2,1-5H3,(H-,34,35,36,37);1H. The quantitative estimate of drug-likeness (QED) is 0.353. The molecule has 0 radical (unpaired) electrons. The molecule has 0 saturated carbocycles. The number of carbonyl (C=O) groups excluding carboxylic acids is 2. The molecule has 1 saturated heterocycles. The van der Waals surface area contributed by atoms with Gasteiger partial charge in [0, 0.05) is 36.6 Å². The first kappa shape index (κ1) is 31.0. The van der Waals surface area contributed by atoms with Crippen LogP contribution in [0.2, 0.25) is 0 Å². The van der Waals surface area contributed by atoms with Gasteiger partial charge in [-0.1, -0.05) is 20.8 Å². The van der Waals surface area contributed by atoms with Crippen molar-refractivity contribution in [3.8, 4) is 11.5 Å². The Labute approximate surface area is 242 Å². The summed E-state index contributed by atoms with van der Waals surface area (Å²) in [5.41, 5.74) is 0.969. The summed E-state index contributed by atoms with van der Waals surface area (Å²) in [6.45, 7) is 5.53. The molecule has 1 fully saturated rings. The second-order valence-electron chi connectivity index (χ2n) is 10.9. The lowest BCUT2D eigenvalue weighted by atomic mass is 9.83. The molecular weight excluding hydrogens is 589 g/mol. The second kappa shape index (κ2) is 11.2. The number of nitrogens with one attached hydrogen (secondary N) is 1. The first-order chi connectivity index (χ1) is 18.3. The average Bonchev–Trinajstić information content (AvgIpc) is 3.45. The van der Waals surface area contributed by atoms with E-state index in [-0.39, 0.29) is 83.0 Å². The largest absolute Gasteiger partial charge is 0.498 e. The minimum atomic E-state index is -1.50. The molecule has 40 heavy (non-hydrogen) atoms. The Hall–Kier alpha value is -3.51. The summed E-state index contributed by atoms with van der Waals surface area (Å²) >= 11 is 0. The number of hydrogen-bond acceptors (Lipinski definition) is 7. The van der Waals surface area contributed by atoms with E-state index >= 15 is 4.39 Å². The summed E-state index contributed by atoms with van der Waals surface area (Å²) in [6.07, 6.45) is -0.906. The van der Waals surface area contributed by atoms with Gasteiger partial charge < -0.3 is 29.4 Å². The lowest BCUT2D eigenvalue weighted by molar-refractivity contribution is -0.265. The molecule has 0 spiro atoms. The highest BCUT2D eigenvalue weighted by Crippen LogP contribution is 2.42. The van der Waals surface area contributed by atoms with Gasteiger partial charge in [-0.3, -0.25) is 10.2 Å². The predicted octanol–water partition coefficient (Wildman–Crippen LogP) is 3.64. The molecule has 10 nitrogen and oxygen atoms in total. The number of rotatable bonds is 7. The van der Waals surface area contributed by atoms with Gasteiger partial charge in [0.25, 0.3) is 6.09 Å². The lowest BCUT2D eigenvalue weighted by Gasteiger charge is -2.40. The Morgan fingerprint density at radius 3 is 2.42 bits per heavy atom. The van der Waals surface area contributed by atoms with Crippen molar-refractivity contribution < 1.29 is 38.5 Å². The molecule has 2 aliphatic heterocycles. The molecule has 12 heteroatoms. The molecule has 2 N–H and O–H groups in total. The number of likely N-dealkylation sites (tertiary alicyclic amines) is 1. The Balaban J connectivity index is 0.00000441. The monoisotopic (exact) mass is 621 g/mol. The summed E-state index contributed by atoms with van der Waals surface area (Å²) in [5.74, 6) is -2.41. The van der Waals surface area contributed by atoms with E-state index in [1.807, 2.05) is 20.8 Å². The number of fused-ring (bicyclic) bond motifs is 1. The van der Waals surface area contributed by atoms with Crippen LogP contribution in [0.25, 0.3) is 0 Å². The molecule has 1 amide bonds. The number of halogens is 2. The molecule has 0 aromatic heterocycles. The number of carboxylic acid groups (broad SMARTS) is 2. The molecule has 216 valence electrons. The lowest BCUT2D eigenvalue weighted by Crippen LogP contribution is -2.65. The summed E-state index contributed by atoms with van der Waals surface area (Å²) in [4.78, 5) is 39.4. The fraction of sp³-hybridized carbons (Fsp3) is 0.429. The van der Waals surface area contributed by atoms with Crippen LogP contribution >= 0.6 is 17.0 Å². The number of ketones is 1. The van der Waals surface area contributed by atoms with Crippen LogP contribution in [0.4, 0.5) is 14.9 Å². The Bertz CT molecular complexity index is 1390. The fourth-order valence-electron chi connectivity index (χ4n) is 5.71. The zero-order valence-electron chi connectivity index (χ0n) is 23.0. The van der Waals surface area contributed by atoms with Crippen LogP contribution < -0.4 is 19.1 Å². The van der Waals surface area contributed by atoms with E-state index < -0.39 is 33.8 Å². The molecule has 2 heterocycles. The first-order valence-electron chi connectivity index (χ1n) is 12.6. The number of carbonyl (C=O) groups is 3. The number of benzene rings is 2. The first-order valence-corrected chi connectivity index (χ1v) is 12.6. The summed E-state index contributed by atoms with van der Waals surface area (Å²) in [6, 6.07) is 4.96. The Kier molecular flexibility index (Phi) is 8.66. The molecule has 2 aromatic carbocycles. The van der Waals surface area contributed by atoms with E-state index in [1.165, 1.54) is 31.3 Å². The van der Waals surface area contributed by atoms with E-state index in [0.717, 1.165) is 0 Å². The van der Waals surface area contributed by atoms with E-state index in [4.69, 9.17) is 14.9 Å². The predicted molar refractivity (Wildman–Crippen MR) is 149 cm³/mol. The molecule has 4 rings (SSSR count). The molecule has 2 aromatic rings. The number of Topliss-reactive ketones (excluding diaryl/α,β-unsaturated/α-hetero) is 1. The Morgan fingerprint density at radius 2 is 1.88 bits per heavy atom. The van der Waals surface area contributed by atoms with E-state index in [2.05, 4.69) is 0 Å². The molecule has 2 unspecified atom stereocenters. The maximum atomic E-state index is 15.1. The third-order valence-electron chi connectivity index (χ3n) is 7.63. The zero-order chi connectivity index (χ0) is 28.9. The number of amidine groups is 1. The minimum absolute atomic E-state index is 0. The van der Waals surface area contributed by atoms with Crippen molar-refractivity contribution in [3.63, 3.8) is 0 Å². The third-order valence-corrected chi connectivity index (χ3v) is 7.63. The second-order valence-corrected chi connectivity index (χ2v) is 10.9. The molecule has 2 atom stereocenters. The number of aliphatic carboxylic acids is 1. The number of quaternary nitrogens is 1. The van der Waals surface area contributed by atoms with Crippen LogP contribution in [0.5, 0.6) is 11.5 Å². The average molecular weight is 622 g/mol.